The topological polar surface area (TPSA) is 210 Å². The summed E-state index contributed by atoms with van der Waals surface area (Å²) in [5.41, 5.74) is 21.3. The second-order valence-corrected chi connectivity index (χ2v) is 15.9. The number of nitrogens with two attached hydrogens (primary N) is 3. The van der Waals surface area contributed by atoms with Crippen LogP contribution < -0.4 is 73.3 Å². The van der Waals surface area contributed by atoms with Gasteiger partial charge in [0.2, 0.25) is 0 Å². The van der Waals surface area contributed by atoms with Gasteiger partial charge >= 0.3 is 57.4 Å². The fourth-order valence-corrected chi connectivity index (χ4v) is 5.73. The van der Waals surface area contributed by atoms with Crippen LogP contribution in [0.5, 0.6) is 5.75 Å². The molecule has 4 rings (SSSR count). The molecule has 6 N–H and O–H groups in total. The maximum atomic E-state index is 11.0. The fourth-order valence-electron chi connectivity index (χ4n) is 5.73. The summed E-state index contributed by atoms with van der Waals surface area (Å²) in [4.78, 5) is 31.4. The van der Waals surface area contributed by atoms with E-state index in [1.54, 1.807) is 12.4 Å². The standard InChI is InChI=1S/C36H50N5O6.C6H14N2.C5H10O2.K/c1-28(40-32-10-7-9-31(27-32)36(38)41-35(37)30-16-18-39-19-17-30)29-12-14-33(15-13-29)47-22-6-4-3-5-20-44-23-25-46-26-24-45-21-8-11-34(42)43-2;1-8-4-2-6(7)3-5-8;1-5(2,3)7-4-6;/h7,9-10,12-19,27-28,35H,3-6,8,11,20-26,37H2,1-2H3,(H2,38,41);6H,2-5,7H2,1H3;4H,1-3H3;/q-1;;;+1/t28-,35?;;;/m1.../s1. The van der Waals surface area contributed by atoms with Crippen LogP contribution in [0.4, 0.5) is 5.69 Å². The molecule has 2 heterocycles. The van der Waals surface area contributed by atoms with Gasteiger partial charge in [0.15, 0.2) is 0 Å². The molecule has 346 valence electrons. The number of ether oxygens (including phenoxy) is 6. The van der Waals surface area contributed by atoms with Gasteiger partial charge in [0.25, 0.3) is 6.47 Å². The molecule has 2 aromatic carbocycles. The molecule has 0 aliphatic carbocycles. The second kappa shape index (κ2) is 35.3. The van der Waals surface area contributed by atoms with Gasteiger partial charge in [-0.3, -0.25) is 14.6 Å². The molecule has 1 saturated heterocycles. The summed E-state index contributed by atoms with van der Waals surface area (Å²) in [6.07, 6.45) is 10.4. The number of hydrogen-bond donors (Lipinski definition) is 3. The Morgan fingerprint density at radius 3 is 2.02 bits per heavy atom. The van der Waals surface area contributed by atoms with E-state index in [-0.39, 0.29) is 69.0 Å². The van der Waals surface area contributed by atoms with Crippen LogP contribution in [0.2, 0.25) is 0 Å². The molecule has 1 aromatic heterocycles. The minimum atomic E-state index is -0.564. The predicted molar refractivity (Wildman–Crippen MR) is 245 cm³/mol. The summed E-state index contributed by atoms with van der Waals surface area (Å²) in [5, 5.41) is 4.87. The number of aliphatic imine (C=N–C) groups is 1. The normalized spacial score (nSPS) is 14.1. The largest absolute Gasteiger partial charge is 1.00 e. The zero-order chi connectivity index (χ0) is 45.4. The average Bonchev–Trinajstić information content (AvgIpc) is 3.26. The minimum Gasteiger partial charge on any atom is -0.678 e. The Morgan fingerprint density at radius 1 is 0.873 bits per heavy atom. The molecule has 15 nitrogen and oxygen atoms in total. The van der Waals surface area contributed by atoms with Gasteiger partial charge in [-0.1, -0.05) is 61.3 Å². The van der Waals surface area contributed by atoms with E-state index >= 15 is 0 Å². The summed E-state index contributed by atoms with van der Waals surface area (Å²) in [5.74, 6) is 1.00. The SMILES string of the molecule is CC(C)(C)OC=O.CN1CCC(N)CC1.COC(=O)CCCOCCOCCOCCCCCCOc1ccc([C@@H](C)[N-]c2cccc(/C(N)=N/C(N)c3ccncc3)c2)cc1.[K+]. The maximum Gasteiger partial charge on any atom is 1.00 e. The van der Waals surface area contributed by atoms with Crippen molar-refractivity contribution in [1.29, 1.82) is 0 Å². The van der Waals surface area contributed by atoms with Gasteiger partial charge < -0.3 is 55.8 Å². The minimum absolute atomic E-state index is 0. The molecule has 3 aromatic rings. The molecule has 0 radical (unpaired) electrons. The number of amidine groups is 1. The van der Waals surface area contributed by atoms with Gasteiger partial charge in [0, 0.05) is 43.6 Å². The first-order chi connectivity index (χ1) is 29.8. The van der Waals surface area contributed by atoms with Gasteiger partial charge in [0.1, 0.15) is 23.4 Å². The number of carbonyl (C=O) groups excluding carboxylic acids is 2. The van der Waals surface area contributed by atoms with E-state index in [2.05, 4.69) is 50.5 Å². The molecule has 1 aliphatic heterocycles. The maximum absolute atomic E-state index is 11.0. The predicted octanol–water partition coefficient (Wildman–Crippen LogP) is 4.15. The molecule has 0 amide bonds. The Balaban J connectivity index is 0.00000104. The third-order valence-corrected chi connectivity index (χ3v) is 9.43. The van der Waals surface area contributed by atoms with E-state index in [1.807, 2.05) is 69.3 Å². The van der Waals surface area contributed by atoms with Crippen molar-refractivity contribution in [1.82, 2.24) is 9.88 Å². The molecule has 0 bridgehead atoms. The quantitative estimate of drug-likeness (QED) is 0.0273. The van der Waals surface area contributed by atoms with E-state index in [0.29, 0.717) is 70.8 Å². The second-order valence-electron chi connectivity index (χ2n) is 15.9. The van der Waals surface area contributed by atoms with Crippen molar-refractivity contribution in [2.45, 2.75) is 103 Å². The number of piperidine rings is 1. The molecule has 16 heteroatoms. The van der Waals surface area contributed by atoms with Crippen molar-refractivity contribution in [2.75, 3.05) is 73.5 Å². The Hall–Kier alpha value is -3.00. The number of carbonyl (C=O) groups is 2. The number of likely N-dealkylation sites (tertiary alicyclic amines) is 1. The monoisotopic (exact) mass is 904 g/mol. The van der Waals surface area contributed by atoms with Crippen LogP contribution in [0, 0.1) is 0 Å². The number of unbranched alkanes of at least 4 members (excludes halogenated alkanes) is 3. The van der Waals surface area contributed by atoms with Crippen LogP contribution >= 0.6 is 0 Å². The number of esters is 1. The van der Waals surface area contributed by atoms with E-state index in [0.717, 1.165) is 60.4 Å². The molecule has 1 fully saturated rings. The summed E-state index contributed by atoms with van der Waals surface area (Å²) in [6, 6.07) is 19.9. The third-order valence-electron chi connectivity index (χ3n) is 9.43. The van der Waals surface area contributed by atoms with Crippen LogP contribution in [0.3, 0.4) is 0 Å². The molecule has 0 saturated carbocycles. The zero-order valence-corrected chi connectivity index (χ0v) is 42.2. The first kappa shape index (κ1) is 58.0. The fraction of sp³-hybridized carbons (Fsp3) is 0.574. The number of pyridine rings is 1. The Labute approximate surface area is 419 Å². The van der Waals surface area contributed by atoms with E-state index < -0.39 is 6.17 Å². The molecule has 2 atom stereocenters. The van der Waals surface area contributed by atoms with Crippen LogP contribution in [-0.2, 0) is 33.3 Å². The van der Waals surface area contributed by atoms with Crippen molar-refractivity contribution >= 4 is 24.0 Å². The zero-order valence-electron chi connectivity index (χ0n) is 39.0. The molecular formula is C47H74KN7O8. The number of methoxy groups -OCH3 is 1. The first-order valence-corrected chi connectivity index (χ1v) is 21.7. The van der Waals surface area contributed by atoms with Crippen LogP contribution in [0.25, 0.3) is 5.32 Å². The van der Waals surface area contributed by atoms with Gasteiger partial charge in [-0.15, -0.1) is 5.69 Å². The van der Waals surface area contributed by atoms with Crippen molar-refractivity contribution < 1.29 is 89.4 Å². The van der Waals surface area contributed by atoms with Gasteiger partial charge in [-0.2, -0.15) is 0 Å². The van der Waals surface area contributed by atoms with Crippen molar-refractivity contribution in [3.8, 4) is 5.75 Å². The average molecular weight is 904 g/mol. The smallest absolute Gasteiger partial charge is 0.678 e. The van der Waals surface area contributed by atoms with E-state index in [9.17, 15) is 9.59 Å². The van der Waals surface area contributed by atoms with Crippen molar-refractivity contribution in [3.63, 3.8) is 0 Å². The molecule has 1 unspecified atom stereocenters. The molecule has 63 heavy (non-hydrogen) atoms. The number of aromatic nitrogens is 1. The van der Waals surface area contributed by atoms with Crippen LogP contribution in [0.1, 0.15) is 108 Å². The molecule has 0 spiro atoms. The summed E-state index contributed by atoms with van der Waals surface area (Å²) < 4.78 is 31.6. The Morgan fingerprint density at radius 2 is 1.46 bits per heavy atom. The summed E-state index contributed by atoms with van der Waals surface area (Å²) in [7, 11) is 3.53. The first-order valence-electron chi connectivity index (χ1n) is 21.7. The number of hydrogen-bond acceptors (Lipinski definition) is 13. The number of nitrogens with zero attached hydrogens (tertiary/aromatic N) is 4. The number of rotatable bonds is 25. The van der Waals surface area contributed by atoms with Crippen LogP contribution in [0.15, 0.2) is 78.0 Å². The molecular weight excluding hydrogens is 830 g/mol. The number of benzene rings is 2. The van der Waals surface area contributed by atoms with Gasteiger partial charge in [-0.05, 0) is 109 Å². The van der Waals surface area contributed by atoms with E-state index in [1.165, 1.54) is 33.0 Å². The van der Waals surface area contributed by atoms with Crippen molar-refractivity contribution in [3.05, 3.63) is 95.1 Å². The van der Waals surface area contributed by atoms with Gasteiger partial charge in [0.05, 0.1) is 40.1 Å². The Kier molecular flexibility index (Phi) is 32.5. The summed E-state index contributed by atoms with van der Waals surface area (Å²) >= 11 is 0. The van der Waals surface area contributed by atoms with E-state index in [4.69, 9.17) is 41.5 Å². The molecule has 1 aliphatic rings. The Bertz CT molecular complexity index is 1630. The summed E-state index contributed by atoms with van der Waals surface area (Å²) in [6.45, 7) is 14.4. The third kappa shape index (κ3) is 29.2. The van der Waals surface area contributed by atoms with Crippen LogP contribution in [-0.4, -0.2) is 113 Å². The van der Waals surface area contributed by atoms with Gasteiger partial charge in [-0.25, -0.2) is 4.99 Å². The van der Waals surface area contributed by atoms with Crippen molar-refractivity contribution in [2.24, 2.45) is 22.2 Å².